The van der Waals surface area contributed by atoms with Crippen molar-refractivity contribution in [2.45, 2.75) is 6.04 Å². The normalized spacial score (nSPS) is 13.1. The van der Waals surface area contributed by atoms with E-state index in [1.54, 1.807) is 0 Å². The Morgan fingerprint density at radius 3 is 2.67 bits per heavy atom. The van der Waals surface area contributed by atoms with Crippen LogP contribution in [-0.4, -0.2) is 29.1 Å². The smallest absolute Gasteiger partial charge is 0.322 e. The van der Waals surface area contributed by atoms with Crippen LogP contribution < -0.4 is 4.72 Å². The molecule has 9 heavy (non-hydrogen) atoms. The minimum Gasteiger partial charge on any atom is -0.480 e. The number of hydrogen-bond acceptors (Lipinski definition) is 4. The average molecular weight is 167 g/mol. The molecule has 0 bridgehead atoms. The summed E-state index contributed by atoms with van der Waals surface area (Å²) in [5, 5.41) is 8.38. The number of carboxylic acid groups (broad SMARTS) is 1. The van der Waals surface area contributed by atoms with Gasteiger partial charge in [-0.3, -0.25) is 9.52 Å². The molecule has 5 heteroatoms. The van der Waals surface area contributed by atoms with Gasteiger partial charge in [0.05, 0.1) is 0 Å². The summed E-state index contributed by atoms with van der Waals surface area (Å²) >= 11 is 5.12. The van der Waals surface area contributed by atoms with Gasteiger partial charge in [0.15, 0.2) is 0 Å². The molecule has 0 saturated heterocycles. The molecule has 0 aromatic rings. The Morgan fingerprint density at radius 2 is 2.56 bits per heavy atom. The highest BCUT2D eigenvalue weighted by molar-refractivity contribution is 7.98. The van der Waals surface area contributed by atoms with E-state index in [0.717, 1.165) is 0 Å². The lowest BCUT2D eigenvalue weighted by atomic mass is 10.4. The van der Waals surface area contributed by atoms with Gasteiger partial charge in [0.1, 0.15) is 6.04 Å². The van der Waals surface area contributed by atoms with Gasteiger partial charge in [-0.15, -0.1) is 0 Å². The van der Waals surface area contributed by atoms with Crippen LogP contribution in [0.2, 0.25) is 0 Å². The number of carbonyl (C=O) groups is 1. The summed E-state index contributed by atoms with van der Waals surface area (Å²) in [7, 11) is 0. The second-order valence-corrected chi connectivity index (χ2v) is 2.64. The quantitative estimate of drug-likeness (QED) is 0.525. The molecule has 54 valence electrons. The third-order valence-electron chi connectivity index (χ3n) is 0.787. The fourth-order valence-electron chi connectivity index (χ4n) is 0.330. The highest BCUT2D eigenvalue weighted by Gasteiger charge is 2.12. The maximum Gasteiger partial charge on any atom is 0.322 e. The number of rotatable bonds is 4. The highest BCUT2D eigenvalue weighted by atomic mass is 32.2. The first-order chi connectivity index (χ1) is 4.22. The molecule has 2 N–H and O–H groups in total. The molecule has 0 aliphatic carbocycles. The fraction of sp³-hybridized carbons (Fsp3) is 0.750. The molecule has 0 spiro atoms. The van der Waals surface area contributed by atoms with Crippen molar-refractivity contribution >= 4 is 30.5 Å². The van der Waals surface area contributed by atoms with Gasteiger partial charge in [0.2, 0.25) is 0 Å². The summed E-state index contributed by atoms with van der Waals surface area (Å²) in [6.45, 7) is 0. The molecular weight excluding hydrogens is 158 g/mol. The predicted octanol–water partition coefficient (Wildman–Crippen LogP) is 0.237. The standard InChI is InChI=1S/C4H9NO2S2/c1-9-2-3(5-8)4(6)7/h3,5,8H,2H2,1H3,(H,6,7)/t3-/m0/s1. The van der Waals surface area contributed by atoms with Gasteiger partial charge in [-0.25, -0.2) is 0 Å². The van der Waals surface area contributed by atoms with Crippen LogP contribution in [0.25, 0.3) is 0 Å². The number of hydrogen-bond donors (Lipinski definition) is 3. The molecule has 0 aromatic heterocycles. The van der Waals surface area contributed by atoms with Crippen molar-refractivity contribution in [1.29, 1.82) is 0 Å². The van der Waals surface area contributed by atoms with Crippen LogP contribution in [-0.2, 0) is 4.79 Å². The van der Waals surface area contributed by atoms with E-state index in [-0.39, 0.29) is 0 Å². The molecular formula is C4H9NO2S2. The van der Waals surface area contributed by atoms with E-state index in [1.165, 1.54) is 11.8 Å². The highest BCUT2D eigenvalue weighted by Crippen LogP contribution is 1.97. The largest absolute Gasteiger partial charge is 0.480 e. The van der Waals surface area contributed by atoms with E-state index in [4.69, 9.17) is 5.11 Å². The molecule has 0 aliphatic heterocycles. The van der Waals surface area contributed by atoms with Crippen molar-refractivity contribution in [2.75, 3.05) is 12.0 Å². The van der Waals surface area contributed by atoms with Crippen LogP contribution in [0.15, 0.2) is 0 Å². The first-order valence-corrected chi connectivity index (χ1v) is 4.17. The molecule has 0 rings (SSSR count). The van der Waals surface area contributed by atoms with Crippen molar-refractivity contribution in [2.24, 2.45) is 0 Å². The van der Waals surface area contributed by atoms with Crippen molar-refractivity contribution in [3.63, 3.8) is 0 Å². The Labute approximate surface area is 63.8 Å². The molecule has 0 amide bonds. The fourth-order valence-corrected chi connectivity index (χ4v) is 1.21. The Balaban J connectivity index is 3.54. The van der Waals surface area contributed by atoms with E-state index in [9.17, 15) is 4.79 Å². The van der Waals surface area contributed by atoms with Crippen molar-refractivity contribution in [3.05, 3.63) is 0 Å². The Bertz CT molecular complexity index is 98.6. The van der Waals surface area contributed by atoms with Crippen molar-refractivity contribution < 1.29 is 9.90 Å². The van der Waals surface area contributed by atoms with Crippen LogP contribution in [0.4, 0.5) is 0 Å². The number of aliphatic carboxylic acids is 1. The van der Waals surface area contributed by atoms with Crippen LogP contribution in [0.3, 0.4) is 0 Å². The van der Waals surface area contributed by atoms with Gasteiger partial charge >= 0.3 is 5.97 Å². The first kappa shape index (κ1) is 9.13. The predicted molar refractivity (Wildman–Crippen MR) is 41.9 cm³/mol. The zero-order valence-corrected chi connectivity index (χ0v) is 6.71. The zero-order valence-electron chi connectivity index (χ0n) is 5.00. The van der Waals surface area contributed by atoms with Gasteiger partial charge in [-0.2, -0.15) is 11.8 Å². The zero-order chi connectivity index (χ0) is 7.28. The molecule has 0 fully saturated rings. The Morgan fingerprint density at radius 1 is 2.00 bits per heavy atom. The molecule has 0 radical (unpaired) electrons. The molecule has 0 heterocycles. The molecule has 3 nitrogen and oxygen atoms in total. The van der Waals surface area contributed by atoms with Gasteiger partial charge < -0.3 is 5.11 Å². The van der Waals surface area contributed by atoms with Gasteiger partial charge in [-0.1, -0.05) is 12.8 Å². The summed E-state index contributed by atoms with van der Waals surface area (Å²) < 4.78 is 2.38. The van der Waals surface area contributed by atoms with Crippen LogP contribution in [0.1, 0.15) is 0 Å². The van der Waals surface area contributed by atoms with Gasteiger partial charge in [0.25, 0.3) is 0 Å². The van der Waals surface area contributed by atoms with Gasteiger partial charge in [-0.05, 0) is 6.26 Å². The minimum absolute atomic E-state index is 0.539. The maximum atomic E-state index is 10.2. The summed E-state index contributed by atoms with van der Waals surface area (Å²) in [6.07, 6.45) is 1.85. The van der Waals surface area contributed by atoms with E-state index in [1.807, 2.05) is 6.26 Å². The van der Waals surface area contributed by atoms with E-state index < -0.39 is 12.0 Å². The maximum absolute atomic E-state index is 10.2. The number of nitrogens with one attached hydrogen (secondary N) is 1. The second kappa shape index (κ2) is 4.96. The van der Waals surface area contributed by atoms with Crippen LogP contribution in [0, 0.1) is 0 Å². The van der Waals surface area contributed by atoms with Crippen LogP contribution in [0.5, 0.6) is 0 Å². The van der Waals surface area contributed by atoms with Crippen molar-refractivity contribution in [3.8, 4) is 0 Å². The third-order valence-corrected chi connectivity index (χ3v) is 1.77. The van der Waals surface area contributed by atoms with Crippen LogP contribution >= 0.6 is 24.6 Å². The summed E-state index contributed by atoms with van der Waals surface area (Å²) in [6, 6.07) is -0.539. The number of thioether (sulfide) groups is 1. The SMILES string of the molecule is CSC[C@H](NS)C(=O)O. The van der Waals surface area contributed by atoms with E-state index in [0.29, 0.717) is 5.75 Å². The minimum atomic E-state index is -0.862. The molecule has 0 saturated carbocycles. The second-order valence-electron chi connectivity index (χ2n) is 1.48. The summed E-state index contributed by atoms with van der Waals surface area (Å²) in [5.74, 6) is -0.321. The molecule has 1 atom stereocenters. The lowest BCUT2D eigenvalue weighted by Crippen LogP contribution is -2.32. The summed E-state index contributed by atoms with van der Waals surface area (Å²) in [5.41, 5.74) is 0. The topological polar surface area (TPSA) is 49.3 Å². The monoisotopic (exact) mass is 167 g/mol. The Kier molecular flexibility index (Phi) is 5.03. The Hall–Kier alpha value is 0.130. The van der Waals surface area contributed by atoms with Gasteiger partial charge in [0, 0.05) is 5.75 Å². The lowest BCUT2D eigenvalue weighted by Gasteiger charge is -2.06. The molecule has 0 unspecified atom stereocenters. The van der Waals surface area contributed by atoms with E-state index in [2.05, 4.69) is 17.5 Å². The lowest BCUT2D eigenvalue weighted by molar-refractivity contribution is -0.138. The number of thiol groups is 1. The van der Waals surface area contributed by atoms with Crippen molar-refractivity contribution in [1.82, 2.24) is 4.72 Å². The average Bonchev–Trinajstić information content (AvgIpc) is 1.82. The van der Waals surface area contributed by atoms with E-state index >= 15 is 0 Å². The number of carboxylic acids is 1. The first-order valence-electron chi connectivity index (χ1n) is 2.33. The molecule has 0 aliphatic rings. The molecule has 0 aromatic carbocycles. The summed E-state index contributed by atoms with van der Waals surface area (Å²) in [4.78, 5) is 10.2. The third kappa shape index (κ3) is 3.66.